The molecule has 2 aromatic rings. The first-order valence-corrected chi connectivity index (χ1v) is 10.2. The largest absolute Gasteiger partial charge is 0.497 e. The average molecular weight is 384 g/mol. The van der Waals surface area contributed by atoms with Crippen LogP contribution in [0.3, 0.4) is 0 Å². The normalized spacial score (nSPS) is 31.9. The second-order valence-electron chi connectivity index (χ2n) is 8.68. The molecule has 0 spiro atoms. The predicted octanol–water partition coefficient (Wildman–Crippen LogP) is 2.00. The van der Waals surface area contributed by atoms with Crippen molar-refractivity contribution in [2.24, 2.45) is 11.8 Å². The number of hydrogen-bond acceptors (Lipinski definition) is 5. The molecule has 1 aromatic carbocycles. The number of carbonyl (C=O) groups is 1. The molecule has 5 rings (SSSR count). The van der Waals surface area contributed by atoms with Crippen LogP contribution < -0.4 is 10.1 Å². The Bertz CT molecular complexity index is 950. The Kier molecular flexibility index (Phi) is 4.00. The molecule has 1 aliphatic carbocycles. The lowest BCUT2D eigenvalue weighted by Gasteiger charge is -2.53. The van der Waals surface area contributed by atoms with Crippen LogP contribution in [0.15, 0.2) is 18.2 Å². The van der Waals surface area contributed by atoms with Crippen LogP contribution in [0.25, 0.3) is 10.9 Å². The predicted molar refractivity (Wildman–Crippen MR) is 106 cm³/mol. The molecule has 150 valence electrons. The Morgan fingerprint density at radius 1 is 1.39 bits per heavy atom. The molecule has 1 fully saturated rings. The van der Waals surface area contributed by atoms with Crippen molar-refractivity contribution in [3.8, 4) is 5.75 Å². The number of methoxy groups -OCH3 is 2. The molecule has 0 saturated heterocycles. The number of carbonyl (C=O) groups excluding carboxylic acids is 1. The topological polar surface area (TPSA) is 72.7 Å². The zero-order valence-corrected chi connectivity index (χ0v) is 16.7. The minimum atomic E-state index is -0.754. The maximum atomic E-state index is 13.4. The lowest BCUT2D eigenvalue weighted by Crippen LogP contribution is -2.64. The zero-order chi connectivity index (χ0) is 19.6. The fourth-order valence-electron chi connectivity index (χ4n) is 6.32. The molecule has 0 unspecified atom stereocenters. The highest BCUT2D eigenvalue weighted by molar-refractivity contribution is 5.93. The number of benzene rings is 1. The van der Waals surface area contributed by atoms with Gasteiger partial charge in [-0.25, -0.2) is 0 Å². The summed E-state index contributed by atoms with van der Waals surface area (Å²) in [6, 6.07) is 6.08. The van der Waals surface area contributed by atoms with Crippen LogP contribution in [-0.2, 0) is 27.9 Å². The highest BCUT2D eigenvalue weighted by atomic mass is 16.5. The first-order chi connectivity index (χ1) is 13.5. The second kappa shape index (κ2) is 6.22. The van der Waals surface area contributed by atoms with Gasteiger partial charge in [-0.2, -0.15) is 0 Å². The summed E-state index contributed by atoms with van der Waals surface area (Å²) in [5.74, 6) is 1.01. The van der Waals surface area contributed by atoms with E-state index in [1.807, 2.05) is 13.0 Å². The molecule has 0 amide bonds. The quantitative estimate of drug-likeness (QED) is 0.792. The molecule has 2 bridgehead atoms. The van der Waals surface area contributed by atoms with Crippen molar-refractivity contribution in [2.75, 3.05) is 20.8 Å². The van der Waals surface area contributed by atoms with E-state index >= 15 is 0 Å². The first-order valence-electron chi connectivity index (χ1n) is 10.2. The Labute approximate surface area is 164 Å². The minimum absolute atomic E-state index is 0.0325. The van der Waals surface area contributed by atoms with Crippen molar-refractivity contribution in [2.45, 2.75) is 50.3 Å². The molecule has 3 heterocycles. The van der Waals surface area contributed by atoms with Crippen molar-refractivity contribution < 1.29 is 19.4 Å². The van der Waals surface area contributed by atoms with Gasteiger partial charge in [0.15, 0.2) is 0 Å². The van der Waals surface area contributed by atoms with E-state index in [1.165, 1.54) is 18.1 Å². The van der Waals surface area contributed by atoms with Gasteiger partial charge in [-0.15, -0.1) is 0 Å². The van der Waals surface area contributed by atoms with Gasteiger partial charge in [0.2, 0.25) is 0 Å². The van der Waals surface area contributed by atoms with Crippen LogP contribution in [-0.4, -0.2) is 48.6 Å². The number of nitrogens with zero attached hydrogens (tertiary/aromatic N) is 1. The van der Waals surface area contributed by atoms with Crippen LogP contribution >= 0.6 is 0 Å². The standard InChI is InChI=1S/C22H28N2O4/c1-12(25)17-8-13-10-22(21(26)28-3)19(17)23-7-6-16-15-5-4-14(27-2)9-18(15)24(11-13)20(16)22/h4-5,9,12-13,17,19,23,25H,6-8,10-11H2,1-3H3/t12-,13-,17+,19+,22-/m0/s1. The van der Waals surface area contributed by atoms with E-state index in [-0.39, 0.29) is 17.9 Å². The summed E-state index contributed by atoms with van der Waals surface area (Å²) in [5, 5.41) is 15.4. The average Bonchev–Trinajstić information content (AvgIpc) is 2.88. The third kappa shape index (κ3) is 2.19. The van der Waals surface area contributed by atoms with Crippen molar-refractivity contribution >= 4 is 16.9 Å². The lowest BCUT2D eigenvalue weighted by atomic mass is 9.57. The molecule has 6 nitrogen and oxygen atoms in total. The van der Waals surface area contributed by atoms with Gasteiger partial charge in [0.05, 0.1) is 25.8 Å². The van der Waals surface area contributed by atoms with E-state index in [1.54, 1.807) is 7.11 Å². The van der Waals surface area contributed by atoms with Crippen molar-refractivity contribution in [1.82, 2.24) is 9.88 Å². The monoisotopic (exact) mass is 384 g/mol. The first kappa shape index (κ1) is 18.0. The van der Waals surface area contributed by atoms with E-state index in [9.17, 15) is 9.90 Å². The molecular formula is C22H28N2O4. The number of esters is 1. The molecule has 2 N–H and O–H groups in total. The third-order valence-electron chi connectivity index (χ3n) is 7.32. The molecule has 28 heavy (non-hydrogen) atoms. The fraction of sp³-hybridized carbons (Fsp3) is 0.591. The van der Waals surface area contributed by atoms with Gasteiger partial charge in [0, 0.05) is 35.7 Å². The molecule has 5 atom stereocenters. The minimum Gasteiger partial charge on any atom is -0.497 e. The van der Waals surface area contributed by atoms with Crippen LogP contribution in [0.4, 0.5) is 0 Å². The van der Waals surface area contributed by atoms with Crippen molar-refractivity contribution in [3.63, 3.8) is 0 Å². The van der Waals surface area contributed by atoms with Crippen LogP contribution in [0.2, 0.25) is 0 Å². The number of fused-ring (bicyclic) bond motifs is 4. The number of aliphatic hydroxyl groups excluding tert-OH is 1. The van der Waals surface area contributed by atoms with E-state index in [4.69, 9.17) is 9.47 Å². The summed E-state index contributed by atoms with van der Waals surface area (Å²) in [6.45, 7) is 3.51. The fourth-order valence-corrected chi connectivity index (χ4v) is 6.32. The van der Waals surface area contributed by atoms with Crippen molar-refractivity contribution in [1.29, 1.82) is 0 Å². The Morgan fingerprint density at radius 3 is 2.93 bits per heavy atom. The summed E-state index contributed by atoms with van der Waals surface area (Å²) in [6.07, 6.45) is 2.08. The van der Waals surface area contributed by atoms with E-state index in [0.717, 1.165) is 49.3 Å². The van der Waals surface area contributed by atoms with E-state index in [0.29, 0.717) is 5.92 Å². The van der Waals surface area contributed by atoms with Gasteiger partial charge < -0.3 is 24.5 Å². The van der Waals surface area contributed by atoms with E-state index < -0.39 is 11.5 Å². The molecule has 6 heteroatoms. The molecule has 3 aliphatic rings. The molecular weight excluding hydrogens is 356 g/mol. The summed E-state index contributed by atoms with van der Waals surface area (Å²) >= 11 is 0. The maximum Gasteiger partial charge on any atom is 0.319 e. The van der Waals surface area contributed by atoms with Gasteiger partial charge in [-0.05, 0) is 56.3 Å². The number of ether oxygens (including phenoxy) is 2. The SMILES string of the molecule is COC(=O)[C@@]12C[C@@H]3C[C@H]([C@H](C)O)[C@H]1NCCc1c2n(c2cc(OC)ccc12)C3. The summed E-state index contributed by atoms with van der Waals surface area (Å²) in [5.41, 5.74) is 2.72. The van der Waals surface area contributed by atoms with Gasteiger partial charge >= 0.3 is 5.97 Å². The Balaban J connectivity index is 1.85. The number of hydrogen-bond donors (Lipinski definition) is 2. The zero-order valence-electron chi connectivity index (χ0n) is 16.7. The van der Waals surface area contributed by atoms with Crippen LogP contribution in [0.5, 0.6) is 5.75 Å². The highest BCUT2D eigenvalue weighted by Crippen LogP contribution is 2.54. The van der Waals surface area contributed by atoms with Gasteiger partial charge in [0.1, 0.15) is 11.2 Å². The summed E-state index contributed by atoms with van der Waals surface area (Å²) < 4.78 is 13.2. The van der Waals surface area contributed by atoms with Crippen molar-refractivity contribution in [3.05, 3.63) is 29.5 Å². The van der Waals surface area contributed by atoms with Crippen LogP contribution in [0.1, 0.15) is 31.0 Å². The Morgan fingerprint density at radius 2 is 2.21 bits per heavy atom. The maximum absolute atomic E-state index is 13.4. The Hall–Kier alpha value is -2.05. The van der Waals surface area contributed by atoms with Crippen LogP contribution in [0, 0.1) is 11.8 Å². The van der Waals surface area contributed by atoms with Gasteiger partial charge in [-0.1, -0.05) is 0 Å². The van der Waals surface area contributed by atoms with E-state index in [2.05, 4.69) is 22.0 Å². The number of rotatable bonds is 3. The number of aromatic nitrogens is 1. The molecule has 0 radical (unpaired) electrons. The van der Waals surface area contributed by atoms with Gasteiger partial charge in [-0.3, -0.25) is 4.79 Å². The highest BCUT2D eigenvalue weighted by Gasteiger charge is 2.61. The molecule has 1 aromatic heterocycles. The smallest absolute Gasteiger partial charge is 0.319 e. The molecule has 2 aliphatic heterocycles. The summed E-state index contributed by atoms with van der Waals surface area (Å²) in [4.78, 5) is 13.4. The lowest BCUT2D eigenvalue weighted by molar-refractivity contribution is -0.155. The second-order valence-corrected chi connectivity index (χ2v) is 8.68. The number of nitrogens with one attached hydrogen (secondary N) is 1. The summed E-state index contributed by atoms with van der Waals surface area (Å²) in [7, 11) is 3.17. The number of aliphatic hydroxyl groups is 1. The third-order valence-corrected chi connectivity index (χ3v) is 7.32. The van der Waals surface area contributed by atoms with Gasteiger partial charge in [0.25, 0.3) is 0 Å². The molecule has 1 saturated carbocycles.